The van der Waals surface area contributed by atoms with Crippen LogP contribution in [0.15, 0.2) is 61.8 Å². The Kier molecular flexibility index (Phi) is 3.33. The standard InChI is InChI=1S/C16H14OS2/c1-10-7-13(18)8-11(2)16(10)19-15-9-12-5-3-4-6-14(12)17-15/h3-9,18H,1-2H3/p+1. The van der Waals surface area contributed by atoms with Gasteiger partial charge in [-0.25, -0.2) is 0 Å². The molecule has 0 aliphatic heterocycles. The molecule has 0 saturated carbocycles. The second kappa shape index (κ2) is 4.99. The molecule has 2 aromatic carbocycles. The zero-order valence-electron chi connectivity index (χ0n) is 10.9. The first kappa shape index (κ1) is 12.7. The third-order valence-corrected chi connectivity index (χ3v) is 4.61. The highest BCUT2D eigenvalue weighted by molar-refractivity contribution is 7.99. The van der Waals surface area contributed by atoms with Crippen LogP contribution in [-0.4, -0.2) is 0 Å². The summed E-state index contributed by atoms with van der Waals surface area (Å²) in [7, 11) is 0. The summed E-state index contributed by atoms with van der Waals surface area (Å²) in [5, 5.41) is 2.09. The van der Waals surface area contributed by atoms with Crippen LogP contribution in [0.1, 0.15) is 11.1 Å². The lowest BCUT2D eigenvalue weighted by molar-refractivity contribution is 0.515. The second-order valence-electron chi connectivity index (χ2n) is 4.64. The van der Waals surface area contributed by atoms with E-state index in [1.165, 1.54) is 16.0 Å². The Bertz CT molecular complexity index is 687. The molecular formula is C16H15OS2+. The van der Waals surface area contributed by atoms with Crippen molar-refractivity contribution in [2.24, 2.45) is 0 Å². The number of hydrogen-bond donors (Lipinski definition) is 0. The van der Waals surface area contributed by atoms with Gasteiger partial charge in [0.05, 0.1) is 0 Å². The number of hydrogen-bond acceptors (Lipinski definition) is 2. The molecule has 3 aromatic rings. The minimum atomic E-state index is 0.939. The summed E-state index contributed by atoms with van der Waals surface area (Å²) < 4.78 is 5.86. The average molecular weight is 287 g/mol. The fourth-order valence-electron chi connectivity index (χ4n) is 2.22. The van der Waals surface area contributed by atoms with Crippen molar-refractivity contribution in [2.45, 2.75) is 28.7 Å². The number of rotatable bonds is 2. The van der Waals surface area contributed by atoms with E-state index in [1.807, 2.05) is 18.2 Å². The SMILES string of the molecule is Cc1cc([SH2+])cc(C)c1Sc1cc2ccccc2o1. The Labute approximate surface area is 122 Å². The maximum Gasteiger partial charge on any atom is 0.166 e. The minimum Gasteiger partial charge on any atom is -0.450 e. The van der Waals surface area contributed by atoms with E-state index in [-0.39, 0.29) is 0 Å². The van der Waals surface area contributed by atoms with Crippen molar-refractivity contribution in [3.63, 3.8) is 0 Å². The van der Waals surface area contributed by atoms with Gasteiger partial charge in [-0.1, -0.05) is 30.0 Å². The molecule has 0 aliphatic rings. The van der Waals surface area contributed by atoms with Gasteiger partial charge in [-0.15, -0.1) is 0 Å². The Morgan fingerprint density at radius 3 is 2.37 bits per heavy atom. The quantitative estimate of drug-likeness (QED) is 0.640. The lowest BCUT2D eigenvalue weighted by Crippen LogP contribution is -1.86. The van der Waals surface area contributed by atoms with Gasteiger partial charge in [-0.05, 0) is 61.9 Å². The lowest BCUT2D eigenvalue weighted by atomic mass is 10.1. The molecule has 0 N–H and O–H groups in total. The summed E-state index contributed by atoms with van der Waals surface area (Å²) >= 11 is 5.27. The Morgan fingerprint density at radius 2 is 1.68 bits per heavy atom. The zero-order chi connectivity index (χ0) is 13.4. The van der Waals surface area contributed by atoms with Crippen LogP contribution in [0.2, 0.25) is 0 Å². The first-order valence-corrected chi connectivity index (χ1v) is 7.44. The Balaban J connectivity index is 2.01. The van der Waals surface area contributed by atoms with Gasteiger partial charge in [0.2, 0.25) is 0 Å². The molecule has 0 radical (unpaired) electrons. The largest absolute Gasteiger partial charge is 0.450 e. The predicted octanol–water partition coefficient (Wildman–Crippen LogP) is 4.57. The lowest BCUT2D eigenvalue weighted by Gasteiger charge is -2.06. The molecule has 0 saturated heterocycles. The van der Waals surface area contributed by atoms with Crippen LogP contribution in [0.4, 0.5) is 0 Å². The normalized spacial score (nSPS) is 11.1. The predicted molar refractivity (Wildman–Crippen MR) is 84.7 cm³/mol. The smallest absolute Gasteiger partial charge is 0.166 e. The van der Waals surface area contributed by atoms with Crippen molar-refractivity contribution in [2.75, 3.05) is 0 Å². The fraction of sp³-hybridized carbons (Fsp3) is 0.125. The molecule has 1 heterocycles. The summed E-state index contributed by atoms with van der Waals surface area (Å²) in [6, 6.07) is 14.5. The summed E-state index contributed by atoms with van der Waals surface area (Å²) in [5.74, 6) is 0. The average Bonchev–Trinajstić information content (AvgIpc) is 2.76. The number of para-hydroxylation sites is 1. The van der Waals surface area contributed by atoms with E-state index in [2.05, 4.69) is 50.7 Å². The second-order valence-corrected chi connectivity index (χ2v) is 6.24. The third kappa shape index (κ3) is 2.53. The van der Waals surface area contributed by atoms with Gasteiger partial charge in [0.15, 0.2) is 9.99 Å². The van der Waals surface area contributed by atoms with Gasteiger partial charge in [0.25, 0.3) is 0 Å². The summed E-state index contributed by atoms with van der Waals surface area (Å²) in [6.45, 7) is 4.25. The molecule has 0 atom stereocenters. The van der Waals surface area contributed by atoms with Crippen LogP contribution in [0.5, 0.6) is 0 Å². The molecule has 0 bridgehead atoms. The highest BCUT2D eigenvalue weighted by atomic mass is 32.2. The monoisotopic (exact) mass is 287 g/mol. The molecular weight excluding hydrogens is 272 g/mol. The first-order valence-electron chi connectivity index (χ1n) is 6.13. The van der Waals surface area contributed by atoms with E-state index in [1.54, 1.807) is 11.8 Å². The van der Waals surface area contributed by atoms with Crippen molar-refractivity contribution in [1.29, 1.82) is 0 Å². The summed E-state index contributed by atoms with van der Waals surface area (Å²) in [5.41, 5.74) is 3.46. The molecule has 1 aromatic heterocycles. The van der Waals surface area contributed by atoms with E-state index in [0.717, 1.165) is 21.0 Å². The van der Waals surface area contributed by atoms with Crippen LogP contribution >= 0.6 is 11.8 Å². The first-order chi connectivity index (χ1) is 9.13. The van der Waals surface area contributed by atoms with E-state index < -0.39 is 0 Å². The molecule has 19 heavy (non-hydrogen) atoms. The van der Waals surface area contributed by atoms with E-state index in [9.17, 15) is 0 Å². The van der Waals surface area contributed by atoms with Crippen molar-refractivity contribution in [3.8, 4) is 0 Å². The zero-order valence-corrected chi connectivity index (χ0v) is 12.7. The maximum absolute atomic E-state index is 5.86. The summed E-state index contributed by atoms with van der Waals surface area (Å²) in [4.78, 5) is 2.38. The summed E-state index contributed by atoms with van der Waals surface area (Å²) in [6.07, 6.45) is 0. The van der Waals surface area contributed by atoms with Gasteiger partial charge in [-0.3, -0.25) is 0 Å². The molecule has 3 heteroatoms. The molecule has 96 valence electrons. The van der Waals surface area contributed by atoms with Crippen LogP contribution < -0.4 is 0 Å². The third-order valence-electron chi connectivity index (χ3n) is 3.07. The van der Waals surface area contributed by atoms with Gasteiger partial charge in [0, 0.05) is 10.3 Å². The molecule has 0 aliphatic carbocycles. The van der Waals surface area contributed by atoms with Gasteiger partial charge in [0.1, 0.15) is 5.58 Å². The molecule has 0 fully saturated rings. The molecule has 3 rings (SSSR count). The van der Waals surface area contributed by atoms with Crippen LogP contribution in [0.3, 0.4) is 0 Å². The number of fused-ring (bicyclic) bond motifs is 1. The highest BCUT2D eigenvalue weighted by Crippen LogP contribution is 2.36. The van der Waals surface area contributed by atoms with Crippen LogP contribution in [0.25, 0.3) is 11.0 Å². The van der Waals surface area contributed by atoms with Crippen molar-refractivity contribution >= 4 is 35.4 Å². The number of aryl methyl sites for hydroxylation is 2. The van der Waals surface area contributed by atoms with Crippen molar-refractivity contribution in [3.05, 3.63) is 53.6 Å². The number of furan rings is 1. The van der Waals surface area contributed by atoms with E-state index in [4.69, 9.17) is 4.42 Å². The van der Waals surface area contributed by atoms with Crippen LogP contribution in [-0.2, 0) is 12.6 Å². The van der Waals surface area contributed by atoms with Gasteiger partial charge in [-0.2, -0.15) is 0 Å². The molecule has 0 amide bonds. The van der Waals surface area contributed by atoms with Gasteiger partial charge < -0.3 is 4.42 Å². The van der Waals surface area contributed by atoms with Gasteiger partial charge >= 0.3 is 0 Å². The Morgan fingerprint density at radius 1 is 1.00 bits per heavy atom. The van der Waals surface area contributed by atoms with Crippen molar-refractivity contribution in [1.82, 2.24) is 0 Å². The molecule has 0 spiro atoms. The van der Waals surface area contributed by atoms with E-state index in [0.29, 0.717) is 0 Å². The molecule has 1 nitrogen and oxygen atoms in total. The van der Waals surface area contributed by atoms with E-state index >= 15 is 0 Å². The maximum atomic E-state index is 5.86. The molecule has 0 unspecified atom stereocenters. The fourth-order valence-corrected chi connectivity index (χ4v) is 3.61. The topological polar surface area (TPSA) is 13.1 Å². The highest BCUT2D eigenvalue weighted by Gasteiger charge is 2.11. The Hall–Kier alpha value is -1.32. The number of benzene rings is 2. The van der Waals surface area contributed by atoms with Crippen LogP contribution in [0, 0.1) is 13.8 Å². The van der Waals surface area contributed by atoms with Crippen molar-refractivity contribution < 1.29 is 4.42 Å². The minimum absolute atomic E-state index is 0.939.